The third-order valence-electron chi connectivity index (χ3n) is 6.62. The first-order valence-electron chi connectivity index (χ1n) is 12.2. The van der Waals surface area contributed by atoms with Crippen LogP contribution in [0.4, 0.5) is 5.95 Å². The number of nitriles is 1. The first kappa shape index (κ1) is 24.7. The molecule has 0 bridgehead atoms. The van der Waals surface area contributed by atoms with Gasteiger partial charge in [-0.05, 0) is 79.1 Å². The summed E-state index contributed by atoms with van der Waals surface area (Å²) in [5, 5.41) is 15.6. The summed E-state index contributed by atoms with van der Waals surface area (Å²) in [6, 6.07) is 15.6. The van der Waals surface area contributed by atoms with Gasteiger partial charge in [-0.15, -0.1) is 11.3 Å². The van der Waals surface area contributed by atoms with Crippen molar-refractivity contribution in [1.29, 1.82) is 5.26 Å². The van der Waals surface area contributed by atoms with Gasteiger partial charge in [0.1, 0.15) is 10.6 Å². The maximum Gasteiger partial charge on any atom is 0.248 e. The SMILES string of the molecule is Cc1cc(C#N)cc(C)c1Oc1nc(NC2CCN(Cc3cccc(C(N)=O)c3)CC2)nc2sccc12. The Hall–Kier alpha value is -4.00. The molecule has 0 unspecified atom stereocenters. The van der Waals surface area contributed by atoms with Gasteiger partial charge in [-0.2, -0.15) is 10.2 Å². The summed E-state index contributed by atoms with van der Waals surface area (Å²) in [4.78, 5) is 24.2. The number of carbonyl (C=O) groups excluding carboxylic acids is 1. The van der Waals surface area contributed by atoms with E-state index in [9.17, 15) is 10.1 Å². The number of aromatic nitrogens is 2. The largest absolute Gasteiger partial charge is 0.438 e. The molecule has 0 aliphatic carbocycles. The number of fused-ring (bicyclic) bond motifs is 1. The molecule has 188 valence electrons. The molecular formula is C28H28N6O2S. The van der Waals surface area contributed by atoms with E-state index in [4.69, 9.17) is 20.4 Å². The number of ether oxygens (including phenoxy) is 1. The van der Waals surface area contributed by atoms with Crippen molar-refractivity contribution < 1.29 is 9.53 Å². The normalized spacial score (nSPS) is 14.4. The van der Waals surface area contributed by atoms with E-state index >= 15 is 0 Å². The number of primary amides is 1. The van der Waals surface area contributed by atoms with Crippen LogP contribution in [-0.4, -0.2) is 39.9 Å². The molecule has 8 nitrogen and oxygen atoms in total. The van der Waals surface area contributed by atoms with Gasteiger partial charge in [-0.3, -0.25) is 9.69 Å². The van der Waals surface area contributed by atoms with E-state index in [1.54, 1.807) is 17.4 Å². The van der Waals surface area contributed by atoms with Crippen LogP contribution in [0.25, 0.3) is 10.2 Å². The lowest BCUT2D eigenvalue weighted by Crippen LogP contribution is -2.39. The number of carbonyl (C=O) groups is 1. The highest BCUT2D eigenvalue weighted by molar-refractivity contribution is 7.16. The average molecular weight is 513 g/mol. The highest BCUT2D eigenvalue weighted by Crippen LogP contribution is 2.35. The van der Waals surface area contributed by atoms with Crippen molar-refractivity contribution in [2.45, 2.75) is 39.3 Å². The van der Waals surface area contributed by atoms with Crippen molar-refractivity contribution in [2.75, 3.05) is 18.4 Å². The van der Waals surface area contributed by atoms with Crippen molar-refractivity contribution in [3.63, 3.8) is 0 Å². The summed E-state index contributed by atoms with van der Waals surface area (Å²) in [7, 11) is 0. The van der Waals surface area contributed by atoms with Gasteiger partial charge in [-0.1, -0.05) is 12.1 Å². The number of piperidine rings is 1. The number of amides is 1. The van der Waals surface area contributed by atoms with Crippen LogP contribution in [0.1, 0.15) is 45.5 Å². The summed E-state index contributed by atoms with van der Waals surface area (Å²) in [5.41, 5.74) is 9.44. The fraction of sp³-hybridized carbons (Fsp3) is 0.286. The summed E-state index contributed by atoms with van der Waals surface area (Å²) in [5.74, 6) is 1.38. The molecule has 0 atom stereocenters. The number of likely N-dealkylation sites (tertiary alicyclic amines) is 1. The zero-order valence-corrected chi connectivity index (χ0v) is 21.6. The van der Waals surface area contributed by atoms with Gasteiger partial charge in [0.05, 0.1) is 17.0 Å². The Morgan fingerprint density at radius 2 is 1.95 bits per heavy atom. The molecule has 1 aliphatic heterocycles. The van der Waals surface area contributed by atoms with Crippen molar-refractivity contribution >= 4 is 33.4 Å². The van der Waals surface area contributed by atoms with E-state index in [1.807, 2.05) is 55.6 Å². The number of hydrogen-bond acceptors (Lipinski definition) is 8. The van der Waals surface area contributed by atoms with Crippen LogP contribution < -0.4 is 15.8 Å². The lowest BCUT2D eigenvalue weighted by atomic mass is 10.0. The Labute approximate surface area is 219 Å². The third-order valence-corrected chi connectivity index (χ3v) is 7.42. The fourth-order valence-electron chi connectivity index (χ4n) is 4.74. The Morgan fingerprint density at radius 1 is 1.19 bits per heavy atom. The molecule has 1 amide bonds. The maximum absolute atomic E-state index is 11.5. The number of nitrogens with zero attached hydrogens (tertiary/aromatic N) is 4. The summed E-state index contributed by atoms with van der Waals surface area (Å²) in [6.45, 7) is 6.50. The second kappa shape index (κ2) is 10.5. The Morgan fingerprint density at radius 3 is 2.65 bits per heavy atom. The average Bonchev–Trinajstić information content (AvgIpc) is 3.36. The standard InChI is InChI=1S/C28H28N6O2S/c1-17-12-20(15-29)13-18(2)24(17)36-26-23-8-11-37-27(23)33-28(32-26)31-22-6-9-34(10-7-22)16-19-4-3-5-21(14-19)25(30)35/h3-5,8,11-14,22H,6-7,9-10,16H2,1-2H3,(H2,30,35)(H,31,32,33). The first-order chi connectivity index (χ1) is 17.9. The molecule has 1 saturated heterocycles. The minimum Gasteiger partial charge on any atom is -0.438 e. The van der Waals surface area contributed by atoms with Crippen molar-refractivity contribution in [1.82, 2.24) is 14.9 Å². The topological polar surface area (TPSA) is 117 Å². The van der Waals surface area contributed by atoms with E-state index in [1.165, 1.54) is 0 Å². The molecule has 37 heavy (non-hydrogen) atoms. The number of hydrogen-bond donors (Lipinski definition) is 2. The first-order valence-corrected chi connectivity index (χ1v) is 13.1. The predicted octanol–water partition coefficient (Wildman–Crippen LogP) is 5.15. The molecule has 3 heterocycles. The molecule has 1 fully saturated rings. The zero-order chi connectivity index (χ0) is 25.9. The minimum atomic E-state index is -0.402. The molecule has 2 aromatic carbocycles. The van der Waals surface area contributed by atoms with Gasteiger partial charge in [0.15, 0.2) is 0 Å². The number of benzene rings is 2. The molecule has 3 N–H and O–H groups in total. The summed E-state index contributed by atoms with van der Waals surface area (Å²) >= 11 is 1.55. The number of nitrogens with two attached hydrogens (primary N) is 1. The van der Waals surface area contributed by atoms with Crippen LogP contribution in [0.15, 0.2) is 47.8 Å². The van der Waals surface area contributed by atoms with E-state index in [0.29, 0.717) is 28.7 Å². The van der Waals surface area contributed by atoms with Crippen molar-refractivity contribution in [2.24, 2.45) is 5.73 Å². The monoisotopic (exact) mass is 512 g/mol. The quantitative estimate of drug-likeness (QED) is 0.352. The van der Waals surface area contributed by atoms with Crippen LogP contribution in [-0.2, 0) is 6.54 Å². The molecule has 1 aliphatic rings. The van der Waals surface area contributed by atoms with Crippen LogP contribution in [0.2, 0.25) is 0 Å². The number of anilines is 1. The van der Waals surface area contributed by atoms with E-state index < -0.39 is 5.91 Å². The second-order valence-corrected chi connectivity index (χ2v) is 10.3. The number of aryl methyl sites for hydroxylation is 2. The van der Waals surface area contributed by atoms with Crippen LogP contribution in [0.5, 0.6) is 11.6 Å². The predicted molar refractivity (Wildman–Crippen MR) is 145 cm³/mol. The number of rotatable bonds is 7. The van der Waals surface area contributed by atoms with Gasteiger partial charge in [-0.25, -0.2) is 4.98 Å². The Kier molecular flexibility index (Phi) is 7.04. The van der Waals surface area contributed by atoms with Crippen LogP contribution in [0.3, 0.4) is 0 Å². The molecule has 2 aromatic heterocycles. The van der Waals surface area contributed by atoms with Gasteiger partial charge in [0.25, 0.3) is 0 Å². The van der Waals surface area contributed by atoms with Crippen molar-refractivity contribution in [3.05, 3.63) is 75.7 Å². The van der Waals surface area contributed by atoms with E-state index in [-0.39, 0.29) is 6.04 Å². The maximum atomic E-state index is 11.5. The number of nitrogens with one attached hydrogen (secondary N) is 1. The minimum absolute atomic E-state index is 0.247. The van der Waals surface area contributed by atoms with Gasteiger partial charge in [0.2, 0.25) is 17.7 Å². The Bertz CT molecular complexity index is 1480. The molecular weight excluding hydrogens is 484 g/mol. The Balaban J connectivity index is 1.27. The summed E-state index contributed by atoms with van der Waals surface area (Å²) in [6.07, 6.45) is 1.90. The van der Waals surface area contributed by atoms with E-state index in [2.05, 4.69) is 16.3 Å². The van der Waals surface area contributed by atoms with Crippen LogP contribution >= 0.6 is 11.3 Å². The highest BCUT2D eigenvalue weighted by Gasteiger charge is 2.22. The smallest absolute Gasteiger partial charge is 0.248 e. The fourth-order valence-corrected chi connectivity index (χ4v) is 5.50. The van der Waals surface area contributed by atoms with Gasteiger partial charge >= 0.3 is 0 Å². The van der Waals surface area contributed by atoms with E-state index in [0.717, 1.165) is 59.4 Å². The van der Waals surface area contributed by atoms with Gasteiger partial charge in [0, 0.05) is 31.2 Å². The highest BCUT2D eigenvalue weighted by atomic mass is 32.1. The molecule has 9 heteroatoms. The molecule has 5 rings (SSSR count). The van der Waals surface area contributed by atoms with Gasteiger partial charge < -0.3 is 15.8 Å². The molecule has 0 saturated carbocycles. The zero-order valence-electron chi connectivity index (χ0n) is 20.8. The third kappa shape index (κ3) is 5.56. The number of thiophene rings is 1. The second-order valence-electron chi connectivity index (χ2n) is 9.40. The van der Waals surface area contributed by atoms with Crippen LogP contribution in [0, 0.1) is 25.2 Å². The van der Waals surface area contributed by atoms with Crippen molar-refractivity contribution in [3.8, 4) is 17.7 Å². The summed E-state index contributed by atoms with van der Waals surface area (Å²) < 4.78 is 6.32. The lowest BCUT2D eigenvalue weighted by molar-refractivity contribution is 0.1000. The molecule has 4 aromatic rings. The lowest BCUT2D eigenvalue weighted by Gasteiger charge is -2.32. The molecule has 0 radical (unpaired) electrons. The molecule has 0 spiro atoms.